The lowest BCUT2D eigenvalue weighted by Gasteiger charge is -2.11. The van der Waals surface area contributed by atoms with Gasteiger partial charge >= 0.3 is 0 Å². The number of aliphatic imine (C=N–C) groups is 1. The minimum Gasteiger partial charge on any atom is -0.381 e. The van der Waals surface area contributed by atoms with Gasteiger partial charge < -0.3 is 15.4 Å². The zero-order valence-electron chi connectivity index (χ0n) is 14.2. The molecule has 1 saturated carbocycles. The Kier molecular flexibility index (Phi) is 10.2. The Morgan fingerprint density at radius 2 is 2.17 bits per heavy atom. The summed E-state index contributed by atoms with van der Waals surface area (Å²) in [7, 11) is 0. The van der Waals surface area contributed by atoms with Gasteiger partial charge in [0.2, 0.25) is 0 Å². The van der Waals surface area contributed by atoms with Crippen LogP contribution in [0.25, 0.3) is 0 Å². The molecule has 0 radical (unpaired) electrons. The number of nitrogens with one attached hydrogen (secondary N) is 2. The highest BCUT2D eigenvalue weighted by Gasteiger charge is 2.20. The van der Waals surface area contributed by atoms with Gasteiger partial charge in [0.1, 0.15) is 0 Å². The highest BCUT2D eigenvalue weighted by molar-refractivity contribution is 14.0. The minimum atomic E-state index is 0. The third kappa shape index (κ3) is 9.10. The summed E-state index contributed by atoms with van der Waals surface area (Å²) in [5.74, 6) is 1.68. The van der Waals surface area contributed by atoms with Crippen LogP contribution in [0.15, 0.2) is 23.2 Å². The van der Waals surface area contributed by atoms with Gasteiger partial charge in [-0.1, -0.05) is 6.07 Å². The number of rotatable bonds is 9. The van der Waals surface area contributed by atoms with Crippen molar-refractivity contribution < 1.29 is 4.74 Å². The molecule has 23 heavy (non-hydrogen) atoms. The molecule has 0 unspecified atom stereocenters. The van der Waals surface area contributed by atoms with Gasteiger partial charge in [0.25, 0.3) is 0 Å². The third-order valence-corrected chi connectivity index (χ3v) is 3.50. The van der Waals surface area contributed by atoms with E-state index in [0.29, 0.717) is 6.54 Å². The normalized spacial score (nSPS) is 14.3. The molecule has 1 aromatic rings. The molecule has 0 aliphatic heterocycles. The Hall–Kier alpha value is -0.890. The first-order chi connectivity index (χ1) is 10.8. The van der Waals surface area contributed by atoms with Crippen molar-refractivity contribution in [1.29, 1.82) is 0 Å². The van der Waals surface area contributed by atoms with Gasteiger partial charge in [-0.05, 0) is 51.2 Å². The second kappa shape index (κ2) is 11.6. The summed E-state index contributed by atoms with van der Waals surface area (Å²) in [5.41, 5.74) is 2.02. The highest BCUT2D eigenvalue weighted by Crippen LogP contribution is 2.28. The third-order valence-electron chi connectivity index (χ3n) is 3.50. The molecular weight excluding hydrogens is 403 g/mol. The molecule has 0 atom stereocenters. The van der Waals surface area contributed by atoms with Crippen molar-refractivity contribution >= 4 is 29.9 Å². The van der Waals surface area contributed by atoms with E-state index in [1.807, 2.05) is 25.1 Å². The molecule has 6 heteroatoms. The van der Waals surface area contributed by atoms with Crippen molar-refractivity contribution in [2.75, 3.05) is 26.3 Å². The first-order valence-corrected chi connectivity index (χ1v) is 8.30. The first kappa shape index (κ1) is 20.2. The Labute approximate surface area is 156 Å². The number of pyridine rings is 1. The van der Waals surface area contributed by atoms with Crippen LogP contribution in [0.5, 0.6) is 0 Å². The zero-order valence-corrected chi connectivity index (χ0v) is 16.5. The van der Waals surface area contributed by atoms with E-state index >= 15 is 0 Å². The van der Waals surface area contributed by atoms with E-state index in [1.165, 1.54) is 12.8 Å². The summed E-state index contributed by atoms with van der Waals surface area (Å²) >= 11 is 0. The number of halogens is 1. The standard InChI is InChI=1S/C17H28N4O.HI/c1-3-18-17(19-10-5-11-22-13-15-8-9-15)20-12-16-7-4-6-14(2)21-16;/h4,6-7,15H,3,5,8-13H2,1-2H3,(H2,18,19,20);1H. The summed E-state index contributed by atoms with van der Waals surface area (Å²) in [6.45, 7) is 8.15. The molecule has 0 amide bonds. The van der Waals surface area contributed by atoms with Crippen molar-refractivity contribution in [1.82, 2.24) is 15.6 Å². The van der Waals surface area contributed by atoms with Crippen LogP contribution in [-0.2, 0) is 11.3 Å². The quantitative estimate of drug-likeness (QED) is 0.273. The van der Waals surface area contributed by atoms with Crippen LogP contribution >= 0.6 is 24.0 Å². The molecule has 1 aliphatic rings. The van der Waals surface area contributed by atoms with E-state index in [0.717, 1.165) is 56.0 Å². The molecule has 5 nitrogen and oxygen atoms in total. The van der Waals surface area contributed by atoms with Gasteiger partial charge in [-0.15, -0.1) is 24.0 Å². The van der Waals surface area contributed by atoms with Crippen LogP contribution in [0.2, 0.25) is 0 Å². The van der Waals surface area contributed by atoms with Crippen molar-refractivity contribution in [3.05, 3.63) is 29.6 Å². The molecule has 2 rings (SSSR count). The largest absolute Gasteiger partial charge is 0.381 e. The van der Waals surface area contributed by atoms with Gasteiger partial charge in [-0.2, -0.15) is 0 Å². The highest BCUT2D eigenvalue weighted by atomic mass is 127. The van der Waals surface area contributed by atoms with E-state index < -0.39 is 0 Å². The van der Waals surface area contributed by atoms with E-state index in [9.17, 15) is 0 Å². The Morgan fingerprint density at radius 3 is 2.87 bits per heavy atom. The number of guanidine groups is 1. The van der Waals surface area contributed by atoms with Gasteiger partial charge in [0.05, 0.1) is 12.2 Å². The van der Waals surface area contributed by atoms with E-state index in [2.05, 4.69) is 27.5 Å². The fraction of sp³-hybridized carbons (Fsp3) is 0.647. The lowest BCUT2D eigenvalue weighted by molar-refractivity contribution is 0.123. The maximum absolute atomic E-state index is 5.63. The van der Waals surface area contributed by atoms with Crippen LogP contribution in [0.1, 0.15) is 37.6 Å². The molecule has 0 saturated heterocycles. The fourth-order valence-corrected chi connectivity index (χ4v) is 2.10. The van der Waals surface area contributed by atoms with Crippen LogP contribution < -0.4 is 10.6 Å². The monoisotopic (exact) mass is 432 g/mol. The lowest BCUT2D eigenvalue weighted by Crippen LogP contribution is -2.38. The van der Waals surface area contributed by atoms with E-state index in [1.54, 1.807) is 0 Å². The number of aromatic nitrogens is 1. The average Bonchev–Trinajstić information content (AvgIpc) is 3.32. The van der Waals surface area contributed by atoms with Gasteiger partial charge in [-0.25, -0.2) is 4.99 Å². The predicted molar refractivity (Wildman–Crippen MR) is 105 cm³/mol. The van der Waals surface area contributed by atoms with Crippen LogP contribution in [-0.4, -0.2) is 37.2 Å². The van der Waals surface area contributed by atoms with E-state index in [4.69, 9.17) is 4.74 Å². The molecular formula is C17H29IN4O. The molecule has 1 aliphatic carbocycles. The van der Waals surface area contributed by atoms with Gasteiger partial charge in [-0.3, -0.25) is 4.98 Å². The molecule has 0 bridgehead atoms. The van der Waals surface area contributed by atoms with Crippen molar-refractivity contribution in [3.63, 3.8) is 0 Å². The van der Waals surface area contributed by atoms with Crippen LogP contribution in [0.3, 0.4) is 0 Å². The summed E-state index contributed by atoms with van der Waals surface area (Å²) < 4.78 is 5.63. The van der Waals surface area contributed by atoms with Gasteiger partial charge in [0.15, 0.2) is 5.96 Å². The number of nitrogens with zero attached hydrogens (tertiary/aromatic N) is 2. The number of hydrogen-bond acceptors (Lipinski definition) is 3. The predicted octanol–water partition coefficient (Wildman–Crippen LogP) is 2.88. The minimum absolute atomic E-state index is 0. The number of aryl methyl sites for hydroxylation is 1. The maximum atomic E-state index is 5.63. The molecule has 0 spiro atoms. The van der Waals surface area contributed by atoms with Crippen LogP contribution in [0, 0.1) is 12.8 Å². The Bertz CT molecular complexity index is 477. The fourth-order valence-electron chi connectivity index (χ4n) is 2.10. The SMILES string of the molecule is CCNC(=NCc1cccc(C)n1)NCCCOCC1CC1.I. The first-order valence-electron chi connectivity index (χ1n) is 8.30. The van der Waals surface area contributed by atoms with Crippen molar-refractivity contribution in [2.24, 2.45) is 10.9 Å². The van der Waals surface area contributed by atoms with Crippen molar-refractivity contribution in [2.45, 2.75) is 39.7 Å². The molecule has 130 valence electrons. The number of ether oxygens (including phenoxy) is 1. The molecule has 0 aromatic carbocycles. The smallest absolute Gasteiger partial charge is 0.191 e. The summed E-state index contributed by atoms with van der Waals surface area (Å²) in [6, 6.07) is 6.02. The molecule has 1 fully saturated rings. The molecule has 1 heterocycles. The Morgan fingerprint density at radius 1 is 1.35 bits per heavy atom. The summed E-state index contributed by atoms with van der Waals surface area (Å²) in [6.07, 6.45) is 3.70. The molecule has 2 N–H and O–H groups in total. The summed E-state index contributed by atoms with van der Waals surface area (Å²) in [4.78, 5) is 9.04. The lowest BCUT2D eigenvalue weighted by atomic mass is 10.3. The topological polar surface area (TPSA) is 58.5 Å². The van der Waals surface area contributed by atoms with Crippen molar-refractivity contribution in [3.8, 4) is 0 Å². The average molecular weight is 432 g/mol. The summed E-state index contributed by atoms with van der Waals surface area (Å²) in [5, 5.41) is 6.60. The second-order valence-corrected chi connectivity index (χ2v) is 5.76. The van der Waals surface area contributed by atoms with Crippen LogP contribution in [0.4, 0.5) is 0 Å². The molecule has 1 aromatic heterocycles. The second-order valence-electron chi connectivity index (χ2n) is 5.76. The maximum Gasteiger partial charge on any atom is 0.191 e. The van der Waals surface area contributed by atoms with E-state index in [-0.39, 0.29) is 24.0 Å². The Balaban J connectivity index is 0.00000264. The van der Waals surface area contributed by atoms with Gasteiger partial charge in [0, 0.05) is 32.0 Å². The number of hydrogen-bond donors (Lipinski definition) is 2. The zero-order chi connectivity index (χ0) is 15.6.